The first-order valence-electron chi connectivity index (χ1n) is 8.90. The fraction of sp³-hybridized carbons (Fsp3) is 0.450. The summed E-state index contributed by atoms with van der Waals surface area (Å²) in [6, 6.07) is 10.3. The summed E-state index contributed by atoms with van der Waals surface area (Å²) in [5, 5.41) is 3.00. The molecule has 0 bridgehead atoms. The highest BCUT2D eigenvalue weighted by atomic mass is 32.1. The van der Waals surface area contributed by atoms with Crippen LogP contribution in [0.1, 0.15) is 28.2 Å². The molecule has 1 amide bonds. The normalized spacial score (nSPS) is 14.6. The number of rotatable bonds is 6. The summed E-state index contributed by atoms with van der Waals surface area (Å²) in [7, 11) is 0. The summed E-state index contributed by atoms with van der Waals surface area (Å²) in [6.45, 7) is 7.70. The van der Waals surface area contributed by atoms with Crippen LogP contribution in [-0.2, 0) is 16.0 Å². The number of morpholine rings is 1. The standard InChI is InChI=1S/C20H26N2O2S/c1-15-14-17(16(2)25-15)4-3-5-20(23)21-18-6-8-19(9-7-18)22-10-12-24-13-11-22/h6-9,14H,3-5,10-13H2,1-2H3,(H,21,23). The number of nitrogens with one attached hydrogen (secondary N) is 1. The first-order chi connectivity index (χ1) is 12.1. The largest absolute Gasteiger partial charge is 0.378 e. The molecule has 0 radical (unpaired) electrons. The van der Waals surface area contributed by atoms with Gasteiger partial charge in [0, 0.05) is 40.6 Å². The molecule has 5 heteroatoms. The predicted molar refractivity (Wildman–Crippen MR) is 105 cm³/mol. The number of benzene rings is 1. The van der Waals surface area contributed by atoms with E-state index < -0.39 is 0 Å². The van der Waals surface area contributed by atoms with Gasteiger partial charge in [0.2, 0.25) is 5.91 Å². The molecule has 0 aliphatic carbocycles. The monoisotopic (exact) mass is 358 g/mol. The quantitative estimate of drug-likeness (QED) is 0.843. The molecule has 25 heavy (non-hydrogen) atoms. The second-order valence-electron chi connectivity index (χ2n) is 6.49. The van der Waals surface area contributed by atoms with Gasteiger partial charge in [0.1, 0.15) is 0 Å². The van der Waals surface area contributed by atoms with Crippen LogP contribution in [0.2, 0.25) is 0 Å². The van der Waals surface area contributed by atoms with Gasteiger partial charge < -0.3 is 15.0 Å². The Morgan fingerprint density at radius 1 is 1.20 bits per heavy atom. The number of nitrogens with zero attached hydrogens (tertiary/aromatic N) is 1. The van der Waals surface area contributed by atoms with Crippen molar-refractivity contribution in [3.8, 4) is 0 Å². The van der Waals surface area contributed by atoms with Gasteiger partial charge >= 0.3 is 0 Å². The maximum atomic E-state index is 12.1. The van der Waals surface area contributed by atoms with Crippen LogP contribution in [0.4, 0.5) is 11.4 Å². The van der Waals surface area contributed by atoms with Crippen molar-refractivity contribution in [2.24, 2.45) is 0 Å². The molecule has 1 N–H and O–H groups in total. The molecule has 2 heterocycles. The van der Waals surface area contributed by atoms with Gasteiger partial charge in [0.25, 0.3) is 0 Å². The van der Waals surface area contributed by atoms with E-state index in [2.05, 4.69) is 42.3 Å². The maximum Gasteiger partial charge on any atom is 0.224 e. The molecular weight excluding hydrogens is 332 g/mol. The lowest BCUT2D eigenvalue weighted by Crippen LogP contribution is -2.36. The zero-order chi connectivity index (χ0) is 17.6. The van der Waals surface area contributed by atoms with E-state index in [9.17, 15) is 4.79 Å². The van der Waals surface area contributed by atoms with Crippen molar-refractivity contribution in [1.82, 2.24) is 0 Å². The lowest BCUT2D eigenvalue weighted by atomic mass is 10.1. The fourth-order valence-electron chi connectivity index (χ4n) is 3.17. The van der Waals surface area contributed by atoms with Crippen molar-refractivity contribution >= 4 is 28.6 Å². The van der Waals surface area contributed by atoms with Gasteiger partial charge in [-0.15, -0.1) is 11.3 Å². The van der Waals surface area contributed by atoms with Gasteiger partial charge in [-0.1, -0.05) is 0 Å². The number of hydrogen-bond donors (Lipinski definition) is 1. The minimum Gasteiger partial charge on any atom is -0.378 e. The Morgan fingerprint density at radius 2 is 1.92 bits per heavy atom. The molecule has 1 aromatic carbocycles. The molecule has 2 aromatic rings. The molecule has 0 atom stereocenters. The fourth-order valence-corrected chi connectivity index (χ4v) is 4.15. The topological polar surface area (TPSA) is 41.6 Å². The van der Waals surface area contributed by atoms with E-state index in [1.54, 1.807) is 0 Å². The van der Waals surface area contributed by atoms with E-state index in [1.807, 2.05) is 23.5 Å². The molecule has 134 valence electrons. The molecule has 1 aliphatic heterocycles. The van der Waals surface area contributed by atoms with Crippen LogP contribution in [0.15, 0.2) is 30.3 Å². The van der Waals surface area contributed by atoms with E-state index in [-0.39, 0.29) is 5.91 Å². The second-order valence-corrected chi connectivity index (χ2v) is 7.95. The molecule has 1 aromatic heterocycles. The first-order valence-corrected chi connectivity index (χ1v) is 9.72. The van der Waals surface area contributed by atoms with Gasteiger partial charge in [-0.3, -0.25) is 4.79 Å². The first kappa shape index (κ1) is 18.0. The molecule has 0 spiro atoms. The molecule has 1 fully saturated rings. The number of ether oxygens (including phenoxy) is 1. The third-order valence-corrected chi connectivity index (χ3v) is 5.53. The average Bonchev–Trinajstić information content (AvgIpc) is 2.94. The Morgan fingerprint density at radius 3 is 2.56 bits per heavy atom. The Balaban J connectivity index is 1.45. The van der Waals surface area contributed by atoms with Gasteiger partial charge in [-0.2, -0.15) is 0 Å². The van der Waals surface area contributed by atoms with Crippen LogP contribution in [0.3, 0.4) is 0 Å². The van der Waals surface area contributed by atoms with Crippen LogP contribution in [0, 0.1) is 13.8 Å². The van der Waals surface area contributed by atoms with Gasteiger partial charge in [-0.05, 0) is 62.6 Å². The van der Waals surface area contributed by atoms with E-state index in [0.29, 0.717) is 6.42 Å². The van der Waals surface area contributed by atoms with E-state index in [0.717, 1.165) is 44.8 Å². The second kappa shape index (κ2) is 8.50. The van der Waals surface area contributed by atoms with E-state index in [1.165, 1.54) is 21.0 Å². The van der Waals surface area contributed by atoms with Gasteiger partial charge in [0.05, 0.1) is 13.2 Å². The number of hydrogen-bond acceptors (Lipinski definition) is 4. The highest BCUT2D eigenvalue weighted by Gasteiger charge is 2.11. The summed E-state index contributed by atoms with van der Waals surface area (Å²) in [5.41, 5.74) is 3.43. The highest BCUT2D eigenvalue weighted by Crippen LogP contribution is 2.22. The highest BCUT2D eigenvalue weighted by molar-refractivity contribution is 7.12. The van der Waals surface area contributed by atoms with Crippen molar-refractivity contribution < 1.29 is 9.53 Å². The Labute approximate surface area is 153 Å². The predicted octanol–water partition coefficient (Wildman–Crippen LogP) is 4.16. The summed E-state index contributed by atoms with van der Waals surface area (Å²) >= 11 is 1.83. The minimum absolute atomic E-state index is 0.0868. The lowest BCUT2D eigenvalue weighted by molar-refractivity contribution is -0.116. The van der Waals surface area contributed by atoms with Crippen LogP contribution >= 0.6 is 11.3 Å². The van der Waals surface area contributed by atoms with Crippen LogP contribution in [0.5, 0.6) is 0 Å². The van der Waals surface area contributed by atoms with Crippen molar-refractivity contribution in [3.63, 3.8) is 0 Å². The van der Waals surface area contributed by atoms with Gasteiger partial charge in [0.15, 0.2) is 0 Å². The van der Waals surface area contributed by atoms with E-state index in [4.69, 9.17) is 4.74 Å². The molecule has 0 unspecified atom stereocenters. The third kappa shape index (κ3) is 5.06. The number of amides is 1. The molecule has 1 saturated heterocycles. The number of thiophene rings is 1. The van der Waals surface area contributed by atoms with Crippen LogP contribution < -0.4 is 10.2 Å². The molecule has 4 nitrogen and oxygen atoms in total. The Bertz CT molecular complexity index is 703. The average molecular weight is 359 g/mol. The number of carbonyl (C=O) groups is 1. The SMILES string of the molecule is Cc1cc(CCCC(=O)Nc2ccc(N3CCOCC3)cc2)c(C)s1. The van der Waals surface area contributed by atoms with Crippen molar-refractivity contribution in [2.75, 3.05) is 36.5 Å². The minimum atomic E-state index is 0.0868. The number of anilines is 2. The molecule has 1 aliphatic rings. The lowest BCUT2D eigenvalue weighted by Gasteiger charge is -2.28. The third-order valence-electron chi connectivity index (χ3n) is 4.52. The number of aryl methyl sites for hydroxylation is 3. The summed E-state index contributed by atoms with van der Waals surface area (Å²) in [6.07, 6.45) is 2.41. The van der Waals surface area contributed by atoms with E-state index >= 15 is 0 Å². The zero-order valence-electron chi connectivity index (χ0n) is 15.0. The van der Waals surface area contributed by atoms with Crippen LogP contribution in [0.25, 0.3) is 0 Å². The Hall–Kier alpha value is -1.85. The van der Waals surface area contributed by atoms with Crippen molar-refractivity contribution in [2.45, 2.75) is 33.1 Å². The summed E-state index contributed by atoms with van der Waals surface area (Å²) in [5.74, 6) is 0.0868. The number of carbonyl (C=O) groups excluding carboxylic acids is 1. The molecule has 3 rings (SSSR count). The summed E-state index contributed by atoms with van der Waals surface area (Å²) in [4.78, 5) is 17.2. The van der Waals surface area contributed by atoms with Crippen molar-refractivity contribution in [3.05, 3.63) is 45.6 Å². The maximum absolute atomic E-state index is 12.1. The summed E-state index contributed by atoms with van der Waals surface area (Å²) < 4.78 is 5.38. The Kier molecular flexibility index (Phi) is 6.10. The van der Waals surface area contributed by atoms with Crippen LogP contribution in [-0.4, -0.2) is 32.2 Å². The smallest absolute Gasteiger partial charge is 0.224 e. The molecular formula is C20H26N2O2S. The zero-order valence-corrected chi connectivity index (χ0v) is 15.8. The molecule has 0 saturated carbocycles. The van der Waals surface area contributed by atoms with Crippen molar-refractivity contribution in [1.29, 1.82) is 0 Å². The van der Waals surface area contributed by atoms with Gasteiger partial charge in [-0.25, -0.2) is 0 Å².